The molecule has 0 aromatic carbocycles. The van der Waals surface area contributed by atoms with Gasteiger partial charge >= 0.3 is 0 Å². The summed E-state index contributed by atoms with van der Waals surface area (Å²) < 4.78 is 5.69. The summed E-state index contributed by atoms with van der Waals surface area (Å²) in [6, 6.07) is 0. The Balaban J connectivity index is 1.85. The van der Waals surface area contributed by atoms with Crippen molar-refractivity contribution in [2.75, 3.05) is 6.61 Å². The fraction of sp³-hybridized carbons (Fsp3) is 0.857. The highest BCUT2D eigenvalue weighted by Gasteiger charge is 2.52. The van der Waals surface area contributed by atoms with Gasteiger partial charge in [0.2, 0.25) is 0 Å². The first-order valence-corrected chi connectivity index (χ1v) is 6.50. The molecule has 2 aliphatic carbocycles. The molecule has 1 nitrogen and oxygen atoms in total. The van der Waals surface area contributed by atoms with Gasteiger partial charge in [-0.15, -0.1) is 0 Å². The molecule has 0 spiro atoms. The number of hydrogen-bond acceptors (Lipinski definition) is 1. The van der Waals surface area contributed by atoms with Gasteiger partial charge < -0.3 is 4.74 Å². The van der Waals surface area contributed by atoms with E-state index in [0.29, 0.717) is 0 Å². The molecule has 84 valence electrons. The first-order valence-electron chi connectivity index (χ1n) is 6.50. The van der Waals surface area contributed by atoms with E-state index in [2.05, 4.69) is 19.9 Å². The normalized spacial score (nSPS) is 49.5. The molecule has 0 amide bonds. The Bertz CT molecular complexity index is 288. The van der Waals surface area contributed by atoms with Crippen LogP contribution >= 0.6 is 0 Å². The van der Waals surface area contributed by atoms with Crippen molar-refractivity contribution in [3.8, 4) is 0 Å². The summed E-state index contributed by atoms with van der Waals surface area (Å²) >= 11 is 0. The molecule has 15 heavy (non-hydrogen) atoms. The second-order valence-corrected chi connectivity index (χ2v) is 6.03. The monoisotopic (exact) mass is 206 g/mol. The van der Waals surface area contributed by atoms with E-state index < -0.39 is 0 Å². The highest BCUT2D eigenvalue weighted by molar-refractivity contribution is 5.13. The molecule has 1 saturated heterocycles. The van der Waals surface area contributed by atoms with E-state index in [0.717, 1.165) is 24.4 Å². The van der Waals surface area contributed by atoms with Gasteiger partial charge in [-0.25, -0.2) is 0 Å². The van der Waals surface area contributed by atoms with Crippen molar-refractivity contribution in [1.29, 1.82) is 0 Å². The standard InChI is InChI=1S/C14H22O/c1-10-6-7-11-4-3-5-13(12(11)8-10)14(2)9-15-14/h8,11-13H,3-7,9H2,1-2H3. The van der Waals surface area contributed by atoms with Crippen molar-refractivity contribution < 1.29 is 4.74 Å². The van der Waals surface area contributed by atoms with E-state index >= 15 is 0 Å². The van der Waals surface area contributed by atoms with Gasteiger partial charge in [-0.1, -0.05) is 18.1 Å². The minimum Gasteiger partial charge on any atom is -0.370 e. The Morgan fingerprint density at radius 3 is 2.87 bits per heavy atom. The van der Waals surface area contributed by atoms with Gasteiger partial charge in [0.15, 0.2) is 0 Å². The Morgan fingerprint density at radius 2 is 2.13 bits per heavy atom. The van der Waals surface area contributed by atoms with Gasteiger partial charge in [0.05, 0.1) is 12.2 Å². The molecule has 1 heterocycles. The highest BCUT2D eigenvalue weighted by Crippen LogP contribution is 2.51. The summed E-state index contributed by atoms with van der Waals surface area (Å²) in [6.45, 7) is 5.63. The predicted molar refractivity (Wildman–Crippen MR) is 61.7 cm³/mol. The molecule has 3 rings (SSSR count). The molecule has 0 bridgehead atoms. The molecule has 1 heteroatoms. The SMILES string of the molecule is CC1=CC2C(CCCC2C2(C)CO2)CC1. The van der Waals surface area contributed by atoms with Crippen LogP contribution in [0, 0.1) is 17.8 Å². The molecule has 0 aromatic rings. The third-order valence-corrected chi connectivity index (χ3v) is 4.87. The maximum absolute atomic E-state index is 5.69. The van der Waals surface area contributed by atoms with Gasteiger partial charge in [-0.05, 0) is 57.3 Å². The molecule has 0 radical (unpaired) electrons. The Hall–Kier alpha value is -0.300. The van der Waals surface area contributed by atoms with Crippen molar-refractivity contribution >= 4 is 0 Å². The molecule has 4 atom stereocenters. The van der Waals surface area contributed by atoms with Gasteiger partial charge in [0, 0.05) is 0 Å². The number of rotatable bonds is 1. The maximum atomic E-state index is 5.69. The summed E-state index contributed by atoms with van der Waals surface area (Å²) in [5.74, 6) is 2.61. The lowest BCUT2D eigenvalue weighted by molar-refractivity contribution is 0.0993. The Labute approximate surface area is 92.9 Å². The zero-order chi connectivity index (χ0) is 10.5. The van der Waals surface area contributed by atoms with Crippen LogP contribution < -0.4 is 0 Å². The number of allylic oxidation sites excluding steroid dienone is 2. The molecule has 4 unspecified atom stereocenters. The Morgan fingerprint density at radius 1 is 1.33 bits per heavy atom. The molecule has 0 N–H and O–H groups in total. The molecule has 1 aliphatic heterocycles. The van der Waals surface area contributed by atoms with Gasteiger partial charge in [0.1, 0.15) is 0 Å². The second kappa shape index (κ2) is 3.35. The van der Waals surface area contributed by atoms with Crippen LogP contribution in [0.1, 0.15) is 46.0 Å². The number of ether oxygens (including phenoxy) is 1. The second-order valence-electron chi connectivity index (χ2n) is 6.03. The topological polar surface area (TPSA) is 12.5 Å². The first-order chi connectivity index (χ1) is 7.19. The molecular weight excluding hydrogens is 184 g/mol. The molecule has 3 aliphatic rings. The summed E-state index contributed by atoms with van der Waals surface area (Å²) in [5.41, 5.74) is 1.87. The number of hydrogen-bond donors (Lipinski definition) is 0. The van der Waals surface area contributed by atoms with Gasteiger partial charge in [-0.2, -0.15) is 0 Å². The molecule has 0 aromatic heterocycles. The van der Waals surface area contributed by atoms with Crippen molar-refractivity contribution in [3.05, 3.63) is 11.6 Å². The van der Waals surface area contributed by atoms with Crippen molar-refractivity contribution in [2.45, 2.75) is 51.6 Å². The van der Waals surface area contributed by atoms with Crippen molar-refractivity contribution in [1.82, 2.24) is 0 Å². The quantitative estimate of drug-likeness (QED) is 0.472. The van der Waals surface area contributed by atoms with E-state index in [1.165, 1.54) is 32.1 Å². The van der Waals surface area contributed by atoms with E-state index in [1.807, 2.05) is 0 Å². The minimum absolute atomic E-state index is 0.247. The zero-order valence-corrected chi connectivity index (χ0v) is 9.96. The maximum Gasteiger partial charge on any atom is 0.0922 e. The summed E-state index contributed by atoms with van der Waals surface area (Å²) in [5, 5.41) is 0. The number of epoxide rings is 1. The zero-order valence-electron chi connectivity index (χ0n) is 9.96. The van der Waals surface area contributed by atoms with E-state index in [4.69, 9.17) is 4.74 Å². The van der Waals surface area contributed by atoms with Crippen molar-refractivity contribution in [2.24, 2.45) is 17.8 Å². The summed E-state index contributed by atoms with van der Waals surface area (Å²) in [7, 11) is 0. The third kappa shape index (κ3) is 1.65. The molecule has 1 saturated carbocycles. The first kappa shape index (κ1) is 9.89. The van der Waals surface area contributed by atoms with Crippen LogP contribution in [0.4, 0.5) is 0 Å². The average molecular weight is 206 g/mol. The van der Waals surface area contributed by atoms with Crippen LogP contribution in [0.2, 0.25) is 0 Å². The molecule has 2 fully saturated rings. The fourth-order valence-corrected chi connectivity index (χ4v) is 3.77. The van der Waals surface area contributed by atoms with E-state index in [9.17, 15) is 0 Å². The van der Waals surface area contributed by atoms with Crippen LogP contribution in [0.5, 0.6) is 0 Å². The third-order valence-electron chi connectivity index (χ3n) is 4.87. The average Bonchev–Trinajstić information content (AvgIpc) is 2.96. The molecular formula is C14H22O. The lowest BCUT2D eigenvalue weighted by Crippen LogP contribution is -2.37. The van der Waals surface area contributed by atoms with Gasteiger partial charge in [-0.3, -0.25) is 0 Å². The highest BCUT2D eigenvalue weighted by atomic mass is 16.6. The van der Waals surface area contributed by atoms with Crippen LogP contribution in [-0.4, -0.2) is 12.2 Å². The number of fused-ring (bicyclic) bond motifs is 1. The van der Waals surface area contributed by atoms with Crippen LogP contribution in [0.3, 0.4) is 0 Å². The summed E-state index contributed by atoms with van der Waals surface area (Å²) in [4.78, 5) is 0. The lowest BCUT2D eigenvalue weighted by atomic mass is 9.63. The van der Waals surface area contributed by atoms with Gasteiger partial charge in [0.25, 0.3) is 0 Å². The smallest absolute Gasteiger partial charge is 0.0922 e. The largest absolute Gasteiger partial charge is 0.370 e. The van der Waals surface area contributed by atoms with Crippen LogP contribution in [0.25, 0.3) is 0 Å². The minimum atomic E-state index is 0.247. The van der Waals surface area contributed by atoms with Crippen molar-refractivity contribution in [3.63, 3.8) is 0 Å². The van der Waals surface area contributed by atoms with Crippen LogP contribution in [0.15, 0.2) is 11.6 Å². The van der Waals surface area contributed by atoms with E-state index in [1.54, 1.807) is 5.57 Å². The Kier molecular flexibility index (Phi) is 2.21. The summed E-state index contributed by atoms with van der Waals surface area (Å²) in [6.07, 6.45) is 9.62. The predicted octanol–water partition coefficient (Wildman–Crippen LogP) is 3.55. The van der Waals surface area contributed by atoms with E-state index in [-0.39, 0.29) is 5.60 Å². The van der Waals surface area contributed by atoms with Crippen LogP contribution in [-0.2, 0) is 4.74 Å². The fourth-order valence-electron chi connectivity index (χ4n) is 3.77. The lowest BCUT2D eigenvalue weighted by Gasteiger charge is -2.41.